The smallest absolute Gasteiger partial charge is 0.0931 e. The summed E-state index contributed by atoms with van der Waals surface area (Å²) < 4.78 is 0. The number of nitrogens with one attached hydrogen (secondary N) is 1. The van der Waals surface area contributed by atoms with Crippen molar-refractivity contribution in [1.29, 1.82) is 0 Å². The summed E-state index contributed by atoms with van der Waals surface area (Å²) in [6.45, 7) is 1.86. The van der Waals surface area contributed by atoms with Gasteiger partial charge in [-0.1, -0.05) is 12.0 Å². The molecule has 0 spiro atoms. The predicted octanol–water partition coefficient (Wildman–Crippen LogP) is 2.13. The van der Waals surface area contributed by atoms with Crippen molar-refractivity contribution in [2.75, 3.05) is 0 Å². The van der Waals surface area contributed by atoms with E-state index in [9.17, 15) is 0 Å². The Morgan fingerprint density at radius 3 is 3.23 bits per heavy atom. The van der Waals surface area contributed by atoms with Crippen molar-refractivity contribution in [3.8, 4) is 11.8 Å². The van der Waals surface area contributed by atoms with E-state index in [1.54, 1.807) is 6.33 Å². The normalized spacial score (nSPS) is 9.62. The minimum absolute atomic E-state index is 0.811. The van der Waals surface area contributed by atoms with Gasteiger partial charge in [-0.15, -0.1) is 5.92 Å². The summed E-state index contributed by atoms with van der Waals surface area (Å²) in [6, 6.07) is 6.17. The Hall–Kier alpha value is -1.75. The van der Waals surface area contributed by atoms with Crippen LogP contribution in [0.2, 0.25) is 0 Å². The molecule has 1 aromatic heterocycles. The summed E-state index contributed by atoms with van der Waals surface area (Å²) >= 11 is 0. The van der Waals surface area contributed by atoms with E-state index >= 15 is 0 Å². The van der Waals surface area contributed by atoms with Crippen molar-refractivity contribution in [2.24, 2.45) is 0 Å². The SMILES string of the molecule is CC#CCc1ccc2nc[nH]c2c1. The second-order valence-corrected chi connectivity index (χ2v) is 2.86. The number of imidazole rings is 1. The van der Waals surface area contributed by atoms with Crippen LogP contribution >= 0.6 is 0 Å². The lowest BCUT2D eigenvalue weighted by Crippen LogP contribution is -1.80. The van der Waals surface area contributed by atoms with Crippen LogP contribution in [0.1, 0.15) is 12.5 Å². The van der Waals surface area contributed by atoms with Crippen LogP contribution in [0.3, 0.4) is 0 Å². The fourth-order valence-corrected chi connectivity index (χ4v) is 1.28. The van der Waals surface area contributed by atoms with Crippen molar-refractivity contribution >= 4 is 11.0 Å². The van der Waals surface area contributed by atoms with Crippen LogP contribution in [-0.4, -0.2) is 9.97 Å². The number of nitrogens with zero attached hydrogens (tertiary/aromatic N) is 1. The molecule has 0 bridgehead atoms. The van der Waals surface area contributed by atoms with Gasteiger partial charge >= 0.3 is 0 Å². The van der Waals surface area contributed by atoms with Crippen LogP contribution in [0.15, 0.2) is 24.5 Å². The average molecular weight is 170 g/mol. The van der Waals surface area contributed by atoms with Crippen LogP contribution in [0.4, 0.5) is 0 Å². The molecule has 0 aliphatic carbocycles. The highest BCUT2D eigenvalue weighted by atomic mass is 14.9. The molecule has 0 saturated heterocycles. The molecule has 1 aromatic carbocycles. The molecule has 1 heterocycles. The van der Waals surface area contributed by atoms with Crippen LogP contribution in [0.5, 0.6) is 0 Å². The Morgan fingerprint density at radius 2 is 2.38 bits per heavy atom. The number of aromatic nitrogens is 2. The van der Waals surface area contributed by atoms with E-state index in [2.05, 4.69) is 33.9 Å². The molecule has 2 heteroatoms. The van der Waals surface area contributed by atoms with Crippen LogP contribution in [0, 0.1) is 11.8 Å². The molecule has 1 N–H and O–H groups in total. The molecule has 0 aliphatic rings. The summed E-state index contributed by atoms with van der Waals surface area (Å²) in [5, 5.41) is 0. The molecule has 13 heavy (non-hydrogen) atoms. The van der Waals surface area contributed by atoms with Gasteiger partial charge in [0.05, 0.1) is 17.4 Å². The molecule has 2 aromatic rings. The van der Waals surface area contributed by atoms with Gasteiger partial charge in [-0.3, -0.25) is 0 Å². The van der Waals surface area contributed by atoms with E-state index in [0.717, 1.165) is 17.5 Å². The minimum Gasteiger partial charge on any atom is -0.345 e. The first kappa shape index (κ1) is 7.88. The third-order valence-corrected chi connectivity index (χ3v) is 1.95. The van der Waals surface area contributed by atoms with Crippen molar-refractivity contribution in [1.82, 2.24) is 9.97 Å². The number of fused-ring (bicyclic) bond motifs is 1. The summed E-state index contributed by atoms with van der Waals surface area (Å²) in [5.41, 5.74) is 3.31. The highest BCUT2D eigenvalue weighted by Gasteiger charge is 1.96. The van der Waals surface area contributed by atoms with Crippen molar-refractivity contribution < 1.29 is 0 Å². The average Bonchev–Trinajstić information content (AvgIpc) is 2.61. The first-order valence-corrected chi connectivity index (χ1v) is 4.22. The highest BCUT2D eigenvalue weighted by molar-refractivity contribution is 5.75. The molecule has 64 valence electrons. The Kier molecular flexibility index (Phi) is 2.01. The highest BCUT2D eigenvalue weighted by Crippen LogP contribution is 2.11. The summed E-state index contributed by atoms with van der Waals surface area (Å²) in [4.78, 5) is 7.23. The van der Waals surface area contributed by atoms with Crippen LogP contribution < -0.4 is 0 Å². The number of hydrogen-bond acceptors (Lipinski definition) is 1. The van der Waals surface area contributed by atoms with E-state index in [1.165, 1.54) is 5.56 Å². The van der Waals surface area contributed by atoms with Gasteiger partial charge in [0.2, 0.25) is 0 Å². The Labute approximate surface area is 77.0 Å². The van der Waals surface area contributed by atoms with Gasteiger partial charge < -0.3 is 4.98 Å². The summed E-state index contributed by atoms with van der Waals surface area (Å²) in [6.07, 6.45) is 2.52. The maximum atomic E-state index is 4.15. The molecule has 0 atom stereocenters. The van der Waals surface area contributed by atoms with Gasteiger partial charge in [-0.25, -0.2) is 4.98 Å². The van der Waals surface area contributed by atoms with E-state index < -0.39 is 0 Å². The number of aromatic amines is 1. The van der Waals surface area contributed by atoms with Crippen LogP contribution in [0.25, 0.3) is 11.0 Å². The zero-order valence-electron chi connectivity index (χ0n) is 7.46. The van der Waals surface area contributed by atoms with Crippen molar-refractivity contribution in [3.05, 3.63) is 30.1 Å². The first-order valence-electron chi connectivity index (χ1n) is 4.22. The summed E-state index contributed by atoms with van der Waals surface area (Å²) in [5.74, 6) is 5.92. The van der Waals surface area contributed by atoms with E-state index in [-0.39, 0.29) is 0 Å². The predicted molar refractivity (Wildman–Crippen MR) is 53.2 cm³/mol. The zero-order chi connectivity index (χ0) is 9.10. The Balaban J connectivity index is 2.40. The Bertz CT molecular complexity index is 471. The monoisotopic (exact) mass is 170 g/mol. The number of rotatable bonds is 1. The second-order valence-electron chi connectivity index (χ2n) is 2.86. The largest absolute Gasteiger partial charge is 0.345 e. The molecular formula is C11H10N2. The van der Waals surface area contributed by atoms with Gasteiger partial charge in [0.15, 0.2) is 0 Å². The third kappa shape index (κ3) is 1.54. The first-order chi connectivity index (χ1) is 6.40. The molecule has 2 nitrogen and oxygen atoms in total. The lowest BCUT2D eigenvalue weighted by molar-refractivity contribution is 1.32. The molecule has 0 saturated carbocycles. The molecule has 0 radical (unpaired) electrons. The molecule has 0 amide bonds. The lowest BCUT2D eigenvalue weighted by Gasteiger charge is -1.93. The van der Waals surface area contributed by atoms with Crippen LogP contribution in [-0.2, 0) is 6.42 Å². The van der Waals surface area contributed by atoms with Gasteiger partial charge in [0.25, 0.3) is 0 Å². The van der Waals surface area contributed by atoms with E-state index in [1.807, 2.05) is 13.0 Å². The maximum Gasteiger partial charge on any atom is 0.0931 e. The fourth-order valence-electron chi connectivity index (χ4n) is 1.28. The Morgan fingerprint density at radius 1 is 1.46 bits per heavy atom. The van der Waals surface area contributed by atoms with Crippen molar-refractivity contribution in [2.45, 2.75) is 13.3 Å². The standard InChI is InChI=1S/C11H10N2/c1-2-3-4-9-5-6-10-11(7-9)13-8-12-10/h5-8H,4H2,1H3,(H,12,13). The van der Waals surface area contributed by atoms with Gasteiger partial charge in [-0.2, -0.15) is 0 Å². The molecule has 2 rings (SSSR count). The lowest BCUT2D eigenvalue weighted by atomic mass is 10.1. The number of H-pyrrole nitrogens is 1. The number of benzene rings is 1. The second kappa shape index (κ2) is 3.32. The molecule has 0 unspecified atom stereocenters. The maximum absolute atomic E-state index is 4.15. The fraction of sp³-hybridized carbons (Fsp3) is 0.182. The van der Waals surface area contributed by atoms with Gasteiger partial charge in [0, 0.05) is 6.42 Å². The van der Waals surface area contributed by atoms with Gasteiger partial charge in [0.1, 0.15) is 0 Å². The quantitative estimate of drug-likeness (QED) is 0.652. The summed E-state index contributed by atoms with van der Waals surface area (Å²) in [7, 11) is 0. The molecular weight excluding hydrogens is 160 g/mol. The topological polar surface area (TPSA) is 28.7 Å². The molecule has 0 fully saturated rings. The van der Waals surface area contributed by atoms with E-state index in [0.29, 0.717) is 0 Å². The third-order valence-electron chi connectivity index (χ3n) is 1.95. The molecule has 0 aliphatic heterocycles. The van der Waals surface area contributed by atoms with E-state index in [4.69, 9.17) is 0 Å². The zero-order valence-corrected chi connectivity index (χ0v) is 7.46. The minimum atomic E-state index is 0.811. The van der Waals surface area contributed by atoms with Gasteiger partial charge in [-0.05, 0) is 24.6 Å². The number of hydrogen-bond donors (Lipinski definition) is 1. The van der Waals surface area contributed by atoms with Crippen molar-refractivity contribution in [3.63, 3.8) is 0 Å².